The van der Waals surface area contributed by atoms with Gasteiger partial charge in [0.15, 0.2) is 0 Å². The summed E-state index contributed by atoms with van der Waals surface area (Å²) in [6, 6.07) is 13.4. The molecule has 0 aliphatic rings. The molecule has 3 nitrogen and oxygen atoms in total. The molecule has 1 N–H and O–H groups in total. The Kier molecular flexibility index (Phi) is 5.65. The van der Waals surface area contributed by atoms with Gasteiger partial charge in [-0.25, -0.2) is 0 Å². The van der Waals surface area contributed by atoms with E-state index in [2.05, 4.69) is 15.9 Å². The minimum Gasteiger partial charge on any atom is -0.497 e. The van der Waals surface area contributed by atoms with Crippen LogP contribution in [0.15, 0.2) is 46.9 Å². The SMILES string of the molecule is CCOc1ccc(C(O)Cc2cccc(OC)c2)cc1Br. The molecule has 1 atom stereocenters. The minimum absolute atomic E-state index is 0.539. The van der Waals surface area contributed by atoms with Crippen molar-refractivity contribution >= 4 is 15.9 Å². The number of hydrogen-bond donors (Lipinski definition) is 1. The lowest BCUT2D eigenvalue weighted by Crippen LogP contribution is -2.03. The zero-order valence-corrected chi connectivity index (χ0v) is 13.8. The maximum Gasteiger partial charge on any atom is 0.133 e. The van der Waals surface area contributed by atoms with Gasteiger partial charge in [-0.2, -0.15) is 0 Å². The van der Waals surface area contributed by atoms with Crippen molar-refractivity contribution in [3.05, 3.63) is 58.1 Å². The maximum atomic E-state index is 10.4. The quantitative estimate of drug-likeness (QED) is 0.850. The summed E-state index contributed by atoms with van der Waals surface area (Å²) in [7, 11) is 1.64. The lowest BCUT2D eigenvalue weighted by molar-refractivity contribution is 0.178. The number of aliphatic hydroxyl groups excluding tert-OH is 1. The molecule has 1 unspecified atom stereocenters. The molecule has 0 saturated heterocycles. The van der Waals surface area contributed by atoms with Gasteiger partial charge in [0.2, 0.25) is 0 Å². The summed E-state index contributed by atoms with van der Waals surface area (Å²) in [6.45, 7) is 2.56. The third-order valence-electron chi connectivity index (χ3n) is 3.20. The largest absolute Gasteiger partial charge is 0.497 e. The van der Waals surface area contributed by atoms with E-state index < -0.39 is 6.10 Å². The van der Waals surface area contributed by atoms with Crippen molar-refractivity contribution in [3.8, 4) is 11.5 Å². The van der Waals surface area contributed by atoms with Gasteiger partial charge in [0.25, 0.3) is 0 Å². The highest BCUT2D eigenvalue weighted by atomic mass is 79.9. The van der Waals surface area contributed by atoms with Crippen LogP contribution in [0.1, 0.15) is 24.2 Å². The van der Waals surface area contributed by atoms with Crippen molar-refractivity contribution in [2.45, 2.75) is 19.4 Å². The van der Waals surface area contributed by atoms with E-state index in [-0.39, 0.29) is 0 Å². The molecule has 0 saturated carbocycles. The van der Waals surface area contributed by atoms with E-state index in [4.69, 9.17) is 9.47 Å². The first kappa shape index (κ1) is 15.9. The summed E-state index contributed by atoms with van der Waals surface area (Å²) in [5, 5.41) is 10.4. The van der Waals surface area contributed by atoms with Crippen molar-refractivity contribution in [2.24, 2.45) is 0 Å². The fourth-order valence-corrected chi connectivity index (χ4v) is 2.65. The van der Waals surface area contributed by atoms with Crippen molar-refractivity contribution < 1.29 is 14.6 Å². The van der Waals surface area contributed by atoms with Crippen LogP contribution in [0, 0.1) is 0 Å². The minimum atomic E-state index is -0.566. The normalized spacial score (nSPS) is 12.0. The number of methoxy groups -OCH3 is 1. The summed E-state index contributed by atoms with van der Waals surface area (Å²) in [6.07, 6.45) is -0.0264. The molecule has 0 fully saturated rings. The predicted octanol–water partition coefficient (Wildman–Crippen LogP) is 4.13. The van der Waals surface area contributed by atoms with Crippen LogP contribution in [0.2, 0.25) is 0 Å². The Bertz CT molecular complexity index is 598. The van der Waals surface area contributed by atoms with Gasteiger partial charge >= 0.3 is 0 Å². The van der Waals surface area contributed by atoms with Gasteiger partial charge in [0.05, 0.1) is 24.3 Å². The number of ether oxygens (including phenoxy) is 2. The smallest absolute Gasteiger partial charge is 0.133 e. The molecule has 4 heteroatoms. The Morgan fingerprint density at radius 2 is 2.00 bits per heavy atom. The van der Waals surface area contributed by atoms with Crippen LogP contribution in [-0.4, -0.2) is 18.8 Å². The van der Waals surface area contributed by atoms with Crippen molar-refractivity contribution in [1.82, 2.24) is 0 Å². The van der Waals surface area contributed by atoms with Crippen LogP contribution in [-0.2, 0) is 6.42 Å². The van der Waals surface area contributed by atoms with E-state index in [0.29, 0.717) is 13.0 Å². The predicted molar refractivity (Wildman–Crippen MR) is 87.0 cm³/mol. The molecule has 0 spiro atoms. The maximum absolute atomic E-state index is 10.4. The number of hydrogen-bond acceptors (Lipinski definition) is 3. The third-order valence-corrected chi connectivity index (χ3v) is 3.82. The Hall–Kier alpha value is -1.52. The van der Waals surface area contributed by atoms with Gasteiger partial charge in [-0.1, -0.05) is 18.2 Å². The first-order valence-electron chi connectivity index (χ1n) is 6.87. The van der Waals surface area contributed by atoms with Gasteiger partial charge in [0, 0.05) is 6.42 Å². The average molecular weight is 351 g/mol. The summed E-state index contributed by atoms with van der Waals surface area (Å²) in [5.41, 5.74) is 1.89. The summed E-state index contributed by atoms with van der Waals surface area (Å²) < 4.78 is 11.5. The molecule has 0 heterocycles. The highest BCUT2D eigenvalue weighted by Crippen LogP contribution is 2.30. The first-order valence-corrected chi connectivity index (χ1v) is 7.66. The summed E-state index contributed by atoms with van der Waals surface area (Å²) >= 11 is 3.47. The van der Waals surface area contributed by atoms with Crippen LogP contribution in [0.25, 0.3) is 0 Å². The molecule has 0 radical (unpaired) electrons. The van der Waals surface area contributed by atoms with Gasteiger partial charge < -0.3 is 14.6 Å². The Morgan fingerprint density at radius 1 is 1.19 bits per heavy atom. The second kappa shape index (κ2) is 7.48. The van der Waals surface area contributed by atoms with Crippen LogP contribution < -0.4 is 9.47 Å². The lowest BCUT2D eigenvalue weighted by atomic mass is 10.0. The molecule has 21 heavy (non-hydrogen) atoms. The number of halogens is 1. The molecule has 2 rings (SSSR count). The van der Waals surface area contributed by atoms with E-state index in [1.807, 2.05) is 49.4 Å². The van der Waals surface area contributed by atoms with Gasteiger partial charge in [-0.3, -0.25) is 0 Å². The number of benzene rings is 2. The van der Waals surface area contributed by atoms with Gasteiger partial charge in [-0.05, 0) is 58.2 Å². The second-order valence-electron chi connectivity index (χ2n) is 4.69. The van der Waals surface area contributed by atoms with Crippen LogP contribution in [0.4, 0.5) is 0 Å². The molecule has 0 aromatic heterocycles. The topological polar surface area (TPSA) is 38.7 Å². The summed E-state index contributed by atoms with van der Waals surface area (Å²) in [5.74, 6) is 1.59. The van der Waals surface area contributed by atoms with E-state index in [9.17, 15) is 5.11 Å². The standard InChI is InChI=1S/C17H19BrO3/c1-3-21-17-8-7-13(11-15(17)18)16(19)10-12-5-4-6-14(9-12)20-2/h4-9,11,16,19H,3,10H2,1-2H3. The number of rotatable bonds is 6. The number of aliphatic hydroxyl groups is 1. The van der Waals surface area contributed by atoms with Crippen LogP contribution in [0.3, 0.4) is 0 Å². The molecular weight excluding hydrogens is 332 g/mol. The molecule has 0 aliphatic heterocycles. The fourth-order valence-electron chi connectivity index (χ4n) is 2.14. The highest BCUT2D eigenvalue weighted by molar-refractivity contribution is 9.10. The van der Waals surface area contributed by atoms with Crippen LogP contribution >= 0.6 is 15.9 Å². The first-order chi connectivity index (χ1) is 10.1. The Balaban J connectivity index is 2.12. The lowest BCUT2D eigenvalue weighted by Gasteiger charge is -2.14. The Labute approximate surface area is 133 Å². The monoisotopic (exact) mass is 350 g/mol. The molecular formula is C17H19BrO3. The summed E-state index contributed by atoms with van der Waals surface area (Å²) in [4.78, 5) is 0. The zero-order chi connectivity index (χ0) is 15.2. The van der Waals surface area contributed by atoms with E-state index >= 15 is 0 Å². The molecule has 2 aromatic rings. The molecule has 2 aromatic carbocycles. The second-order valence-corrected chi connectivity index (χ2v) is 5.55. The zero-order valence-electron chi connectivity index (χ0n) is 12.2. The third kappa shape index (κ3) is 4.22. The molecule has 0 amide bonds. The van der Waals surface area contributed by atoms with Crippen molar-refractivity contribution in [2.75, 3.05) is 13.7 Å². The molecule has 0 aliphatic carbocycles. The average Bonchev–Trinajstić information content (AvgIpc) is 2.49. The fraction of sp³-hybridized carbons (Fsp3) is 0.294. The van der Waals surface area contributed by atoms with E-state index in [0.717, 1.165) is 27.1 Å². The van der Waals surface area contributed by atoms with E-state index in [1.165, 1.54) is 0 Å². The van der Waals surface area contributed by atoms with Gasteiger partial charge in [0.1, 0.15) is 11.5 Å². The van der Waals surface area contributed by atoms with Crippen LogP contribution in [0.5, 0.6) is 11.5 Å². The van der Waals surface area contributed by atoms with Crippen molar-refractivity contribution in [3.63, 3.8) is 0 Å². The molecule has 0 bridgehead atoms. The van der Waals surface area contributed by atoms with E-state index in [1.54, 1.807) is 7.11 Å². The van der Waals surface area contributed by atoms with Crippen molar-refractivity contribution in [1.29, 1.82) is 0 Å². The Morgan fingerprint density at radius 3 is 2.67 bits per heavy atom. The van der Waals surface area contributed by atoms with Gasteiger partial charge in [-0.15, -0.1) is 0 Å². The highest BCUT2D eigenvalue weighted by Gasteiger charge is 2.11. The molecule has 112 valence electrons.